The molecule has 0 N–H and O–H groups in total. The van der Waals surface area contributed by atoms with E-state index in [4.69, 9.17) is 4.74 Å². The summed E-state index contributed by atoms with van der Waals surface area (Å²) in [6.45, 7) is 17.2. The van der Waals surface area contributed by atoms with E-state index in [9.17, 15) is 4.79 Å². The molecule has 1 atom stereocenters. The van der Waals surface area contributed by atoms with Gasteiger partial charge in [-0.05, 0) is 56.8 Å². The molecule has 0 aliphatic heterocycles. The van der Waals surface area contributed by atoms with E-state index in [0.717, 1.165) is 19.3 Å². The summed E-state index contributed by atoms with van der Waals surface area (Å²) in [4.78, 5) is 12.9. The lowest BCUT2D eigenvalue weighted by Gasteiger charge is -2.45. The molecule has 118 valence electrons. The van der Waals surface area contributed by atoms with Gasteiger partial charge in [-0.25, -0.2) is 0 Å². The average Bonchev–Trinajstić information content (AvgIpc) is 2.60. The van der Waals surface area contributed by atoms with Crippen LogP contribution in [0.4, 0.5) is 0 Å². The van der Waals surface area contributed by atoms with Crippen LogP contribution in [0.5, 0.6) is 0 Å². The molecule has 2 heteroatoms. The van der Waals surface area contributed by atoms with Crippen molar-refractivity contribution in [1.29, 1.82) is 0 Å². The second-order valence-electron chi connectivity index (χ2n) is 9.37. The predicted molar refractivity (Wildman–Crippen MR) is 84.6 cm³/mol. The Bertz CT molecular complexity index is 351. The Morgan fingerprint density at radius 1 is 1.00 bits per heavy atom. The van der Waals surface area contributed by atoms with Gasteiger partial charge in [0, 0.05) is 0 Å². The van der Waals surface area contributed by atoms with Gasteiger partial charge in [0.05, 0.1) is 5.41 Å². The third kappa shape index (κ3) is 3.99. The Balaban J connectivity index is 2.96. The Morgan fingerprint density at radius 3 is 1.80 bits per heavy atom. The van der Waals surface area contributed by atoms with Gasteiger partial charge >= 0.3 is 5.97 Å². The molecule has 0 aromatic rings. The van der Waals surface area contributed by atoms with Crippen LogP contribution in [-0.4, -0.2) is 11.6 Å². The van der Waals surface area contributed by atoms with Crippen LogP contribution in [0.2, 0.25) is 0 Å². The molecule has 0 aromatic heterocycles. The summed E-state index contributed by atoms with van der Waals surface area (Å²) < 4.78 is 6.00. The van der Waals surface area contributed by atoms with Crippen LogP contribution in [0.15, 0.2) is 0 Å². The number of carbonyl (C=O) groups is 1. The third-order valence-corrected chi connectivity index (χ3v) is 4.99. The summed E-state index contributed by atoms with van der Waals surface area (Å²) in [5, 5.41) is 0. The van der Waals surface area contributed by atoms with Crippen LogP contribution in [0.25, 0.3) is 0 Å². The fourth-order valence-corrected chi connectivity index (χ4v) is 3.27. The lowest BCUT2D eigenvalue weighted by atomic mass is 9.61. The highest BCUT2D eigenvalue weighted by atomic mass is 16.6. The summed E-state index contributed by atoms with van der Waals surface area (Å²) in [7, 11) is 0. The monoisotopic (exact) mass is 282 g/mol. The predicted octanol–water partition coefficient (Wildman–Crippen LogP) is 5.35. The highest BCUT2D eigenvalue weighted by Crippen LogP contribution is 2.48. The molecule has 0 aromatic carbocycles. The first kappa shape index (κ1) is 17.5. The molecule has 0 radical (unpaired) electrons. The minimum absolute atomic E-state index is 0.00988. The highest BCUT2D eigenvalue weighted by Gasteiger charge is 2.49. The number of rotatable bonds is 3. The number of carbonyl (C=O) groups excluding carboxylic acids is 1. The van der Waals surface area contributed by atoms with Crippen molar-refractivity contribution in [1.82, 2.24) is 0 Å². The van der Waals surface area contributed by atoms with Crippen molar-refractivity contribution in [3.63, 3.8) is 0 Å². The van der Waals surface area contributed by atoms with Gasteiger partial charge in [-0.3, -0.25) is 4.79 Å². The van der Waals surface area contributed by atoms with E-state index in [1.54, 1.807) is 0 Å². The molecule has 2 nitrogen and oxygen atoms in total. The smallest absolute Gasteiger partial charge is 0.312 e. The van der Waals surface area contributed by atoms with Crippen LogP contribution >= 0.6 is 0 Å². The van der Waals surface area contributed by atoms with Gasteiger partial charge in [0.1, 0.15) is 5.60 Å². The minimum Gasteiger partial charge on any atom is -0.459 e. The molecule has 0 spiro atoms. The first-order valence-corrected chi connectivity index (χ1v) is 8.03. The Kier molecular flexibility index (Phi) is 4.68. The van der Waals surface area contributed by atoms with Gasteiger partial charge in [0.15, 0.2) is 0 Å². The molecule has 0 heterocycles. The molecule has 0 amide bonds. The molecule has 1 saturated carbocycles. The molecule has 1 aliphatic carbocycles. The molecule has 1 unspecified atom stereocenters. The summed E-state index contributed by atoms with van der Waals surface area (Å²) >= 11 is 0. The number of ether oxygens (including phenoxy) is 1. The Labute approximate surface area is 125 Å². The van der Waals surface area contributed by atoms with Crippen LogP contribution in [0, 0.1) is 16.2 Å². The van der Waals surface area contributed by atoms with Crippen molar-refractivity contribution >= 4 is 5.97 Å². The SMILES string of the molecule is CC(C)(C)CC(C)(C(=O)OC1(C)CCCC1)C(C)(C)C. The van der Waals surface area contributed by atoms with Crippen molar-refractivity contribution < 1.29 is 9.53 Å². The quantitative estimate of drug-likeness (QED) is 0.652. The first-order chi connectivity index (χ1) is 8.79. The zero-order valence-electron chi connectivity index (χ0n) is 14.9. The minimum atomic E-state index is -0.448. The van der Waals surface area contributed by atoms with Gasteiger partial charge in [0.2, 0.25) is 0 Å². The van der Waals surface area contributed by atoms with E-state index in [2.05, 4.69) is 55.4 Å². The van der Waals surface area contributed by atoms with E-state index in [0.29, 0.717) is 0 Å². The van der Waals surface area contributed by atoms with Crippen LogP contribution in [-0.2, 0) is 9.53 Å². The summed E-state index contributed by atoms with van der Waals surface area (Å²) in [5.41, 5.74) is -0.678. The second-order valence-corrected chi connectivity index (χ2v) is 9.37. The zero-order valence-corrected chi connectivity index (χ0v) is 14.9. The fourth-order valence-electron chi connectivity index (χ4n) is 3.27. The zero-order chi connectivity index (χ0) is 15.8. The first-order valence-electron chi connectivity index (χ1n) is 8.03. The molecule has 1 rings (SSSR count). The Hall–Kier alpha value is -0.530. The summed E-state index contributed by atoms with van der Waals surface area (Å²) in [5.74, 6) is -0.00988. The molecule has 0 saturated heterocycles. The maximum absolute atomic E-state index is 12.9. The average molecular weight is 282 g/mol. The molecular weight excluding hydrogens is 248 g/mol. The van der Waals surface area contributed by atoms with Crippen molar-refractivity contribution in [2.24, 2.45) is 16.2 Å². The number of hydrogen-bond acceptors (Lipinski definition) is 2. The number of esters is 1. The van der Waals surface area contributed by atoms with Crippen LogP contribution < -0.4 is 0 Å². The van der Waals surface area contributed by atoms with Gasteiger partial charge in [-0.1, -0.05) is 41.5 Å². The lowest BCUT2D eigenvalue weighted by Crippen LogP contribution is -2.47. The van der Waals surface area contributed by atoms with E-state index < -0.39 is 5.41 Å². The van der Waals surface area contributed by atoms with Gasteiger partial charge in [0.25, 0.3) is 0 Å². The van der Waals surface area contributed by atoms with Gasteiger partial charge < -0.3 is 4.74 Å². The maximum atomic E-state index is 12.9. The summed E-state index contributed by atoms with van der Waals surface area (Å²) in [6.07, 6.45) is 5.21. The molecule has 0 bridgehead atoms. The molecular formula is C18H34O2. The molecule has 1 fully saturated rings. The van der Waals surface area contributed by atoms with Crippen molar-refractivity contribution in [3.05, 3.63) is 0 Å². The van der Waals surface area contributed by atoms with E-state index in [-0.39, 0.29) is 22.4 Å². The van der Waals surface area contributed by atoms with Crippen molar-refractivity contribution in [3.8, 4) is 0 Å². The van der Waals surface area contributed by atoms with Crippen LogP contribution in [0.1, 0.15) is 87.5 Å². The highest BCUT2D eigenvalue weighted by molar-refractivity contribution is 5.78. The molecule has 20 heavy (non-hydrogen) atoms. The van der Waals surface area contributed by atoms with Gasteiger partial charge in [-0.2, -0.15) is 0 Å². The second kappa shape index (κ2) is 5.35. The Morgan fingerprint density at radius 2 is 1.45 bits per heavy atom. The van der Waals surface area contributed by atoms with E-state index >= 15 is 0 Å². The third-order valence-electron chi connectivity index (χ3n) is 4.99. The van der Waals surface area contributed by atoms with Gasteiger partial charge in [-0.15, -0.1) is 0 Å². The topological polar surface area (TPSA) is 26.3 Å². The van der Waals surface area contributed by atoms with Crippen molar-refractivity contribution in [2.45, 2.75) is 93.1 Å². The van der Waals surface area contributed by atoms with Crippen LogP contribution in [0.3, 0.4) is 0 Å². The normalized spacial score (nSPS) is 22.4. The summed E-state index contributed by atoms with van der Waals surface area (Å²) in [6, 6.07) is 0. The standard InChI is InChI=1S/C18H34O2/c1-15(2,3)13-18(8,16(4,5)6)14(19)20-17(7)11-9-10-12-17/h9-13H2,1-8H3. The number of hydrogen-bond donors (Lipinski definition) is 0. The lowest BCUT2D eigenvalue weighted by molar-refractivity contribution is -0.179. The largest absolute Gasteiger partial charge is 0.459 e. The van der Waals surface area contributed by atoms with E-state index in [1.165, 1.54) is 12.8 Å². The maximum Gasteiger partial charge on any atom is 0.312 e. The van der Waals surface area contributed by atoms with E-state index in [1.807, 2.05) is 0 Å². The van der Waals surface area contributed by atoms with Crippen molar-refractivity contribution in [2.75, 3.05) is 0 Å². The fraction of sp³-hybridized carbons (Fsp3) is 0.944. The molecule has 1 aliphatic rings.